The number of carboxylic acids is 1. The quantitative estimate of drug-likeness (QED) is 0.732. The van der Waals surface area contributed by atoms with Crippen LogP contribution in [0.5, 0.6) is 0 Å². The Labute approximate surface area is 164 Å². The van der Waals surface area contributed by atoms with E-state index in [4.69, 9.17) is 0 Å². The number of benzene rings is 2. The second-order valence-electron chi connectivity index (χ2n) is 7.77. The van der Waals surface area contributed by atoms with Gasteiger partial charge in [0, 0.05) is 6.42 Å². The van der Waals surface area contributed by atoms with Crippen LogP contribution in [0.1, 0.15) is 49.4 Å². The molecule has 0 spiro atoms. The van der Waals surface area contributed by atoms with Crippen LogP contribution in [0.25, 0.3) is 11.1 Å². The Bertz CT molecular complexity index is 1050. The van der Waals surface area contributed by atoms with Gasteiger partial charge in [0.15, 0.2) is 0 Å². The van der Waals surface area contributed by atoms with Crippen molar-refractivity contribution in [1.82, 2.24) is 14.3 Å². The highest BCUT2D eigenvalue weighted by Gasteiger charge is 2.21. The van der Waals surface area contributed by atoms with Gasteiger partial charge >= 0.3 is 11.7 Å². The molecule has 0 aliphatic heterocycles. The zero-order valence-corrected chi connectivity index (χ0v) is 16.6. The maximum atomic E-state index is 12.8. The minimum atomic E-state index is -0.951. The molecule has 6 heteroatoms. The second kappa shape index (κ2) is 7.46. The molecule has 6 nitrogen and oxygen atoms in total. The lowest BCUT2D eigenvalue weighted by atomic mass is 9.99. The molecule has 0 amide bonds. The van der Waals surface area contributed by atoms with Crippen LogP contribution < -0.4 is 5.69 Å². The minimum absolute atomic E-state index is 0.121. The van der Waals surface area contributed by atoms with Gasteiger partial charge in [-0.1, -0.05) is 49.4 Å². The monoisotopic (exact) mass is 379 g/mol. The Morgan fingerprint density at radius 2 is 1.71 bits per heavy atom. The molecule has 146 valence electrons. The van der Waals surface area contributed by atoms with Crippen LogP contribution in [0.3, 0.4) is 0 Å². The van der Waals surface area contributed by atoms with Crippen LogP contribution in [0.4, 0.5) is 0 Å². The van der Waals surface area contributed by atoms with Gasteiger partial charge in [-0.2, -0.15) is 5.10 Å². The largest absolute Gasteiger partial charge is 0.478 e. The van der Waals surface area contributed by atoms with E-state index in [-0.39, 0.29) is 16.8 Å². The van der Waals surface area contributed by atoms with E-state index in [9.17, 15) is 14.7 Å². The van der Waals surface area contributed by atoms with E-state index < -0.39 is 5.97 Å². The molecule has 0 saturated carbocycles. The molecule has 0 unspecified atom stereocenters. The summed E-state index contributed by atoms with van der Waals surface area (Å²) in [5, 5.41) is 13.9. The highest BCUT2D eigenvalue weighted by atomic mass is 16.4. The summed E-state index contributed by atoms with van der Waals surface area (Å²) in [7, 11) is 0. The zero-order valence-electron chi connectivity index (χ0n) is 16.6. The van der Waals surface area contributed by atoms with E-state index in [1.807, 2.05) is 58.0 Å². The van der Waals surface area contributed by atoms with Gasteiger partial charge in [0.25, 0.3) is 0 Å². The molecule has 0 aliphatic rings. The zero-order chi connectivity index (χ0) is 20.5. The molecule has 0 aliphatic carbocycles. The number of aromatic nitrogens is 3. The van der Waals surface area contributed by atoms with Crippen molar-refractivity contribution < 1.29 is 9.90 Å². The number of nitrogens with zero attached hydrogens (tertiary/aromatic N) is 3. The molecular weight excluding hydrogens is 354 g/mol. The molecule has 0 saturated heterocycles. The molecule has 0 fully saturated rings. The molecular formula is C22H25N3O3. The summed E-state index contributed by atoms with van der Waals surface area (Å²) in [6, 6.07) is 14.6. The molecule has 0 atom stereocenters. The lowest BCUT2D eigenvalue weighted by Gasteiger charge is -2.16. The van der Waals surface area contributed by atoms with E-state index in [1.54, 1.807) is 22.8 Å². The Morgan fingerprint density at radius 3 is 2.29 bits per heavy atom. The number of hydrogen-bond donors (Lipinski definition) is 1. The smallest absolute Gasteiger partial charge is 0.346 e. The Morgan fingerprint density at radius 1 is 1.07 bits per heavy atom. The number of aryl methyl sites for hydroxylation is 1. The first kappa shape index (κ1) is 19.6. The van der Waals surface area contributed by atoms with E-state index in [1.165, 1.54) is 4.68 Å². The topological polar surface area (TPSA) is 77.1 Å². The summed E-state index contributed by atoms with van der Waals surface area (Å²) in [4.78, 5) is 24.3. The SMILES string of the molecule is CCc1nn(C(C)(C)C)c(=O)n1Cc1ccc(-c2ccccc2C(=O)O)cc1. The fourth-order valence-electron chi connectivity index (χ4n) is 3.19. The Hall–Kier alpha value is -3.15. The van der Waals surface area contributed by atoms with Crippen LogP contribution in [-0.2, 0) is 18.5 Å². The summed E-state index contributed by atoms with van der Waals surface area (Å²) in [6.07, 6.45) is 0.669. The van der Waals surface area contributed by atoms with Crippen molar-refractivity contribution in [3.05, 3.63) is 76.0 Å². The fraction of sp³-hybridized carbons (Fsp3) is 0.318. The van der Waals surface area contributed by atoms with E-state index in [0.29, 0.717) is 18.5 Å². The highest BCUT2D eigenvalue weighted by molar-refractivity contribution is 5.95. The van der Waals surface area contributed by atoms with Crippen molar-refractivity contribution >= 4 is 5.97 Å². The lowest BCUT2D eigenvalue weighted by molar-refractivity contribution is 0.0697. The molecule has 1 heterocycles. The van der Waals surface area contributed by atoms with Gasteiger partial charge in [-0.05, 0) is 43.5 Å². The van der Waals surface area contributed by atoms with Crippen LogP contribution >= 0.6 is 0 Å². The number of carbonyl (C=O) groups is 1. The lowest BCUT2D eigenvalue weighted by Crippen LogP contribution is -2.35. The van der Waals surface area contributed by atoms with Gasteiger partial charge < -0.3 is 5.11 Å². The maximum Gasteiger partial charge on any atom is 0.346 e. The van der Waals surface area contributed by atoms with E-state index in [2.05, 4.69) is 5.10 Å². The normalized spacial score (nSPS) is 11.6. The van der Waals surface area contributed by atoms with Crippen molar-refractivity contribution in [3.8, 4) is 11.1 Å². The van der Waals surface area contributed by atoms with Crippen LogP contribution in [0, 0.1) is 0 Å². The first-order chi connectivity index (χ1) is 13.2. The van der Waals surface area contributed by atoms with Crippen molar-refractivity contribution in [3.63, 3.8) is 0 Å². The third-order valence-electron chi connectivity index (χ3n) is 4.65. The number of carboxylic acid groups (broad SMARTS) is 1. The number of rotatable bonds is 5. The maximum absolute atomic E-state index is 12.8. The third kappa shape index (κ3) is 3.76. The standard InChI is InChI=1S/C22H25N3O3/c1-5-19-23-25(22(2,3)4)21(28)24(19)14-15-10-12-16(13-11-15)17-8-6-7-9-18(17)20(26)27/h6-13H,5,14H2,1-4H3,(H,26,27). The highest BCUT2D eigenvalue weighted by Crippen LogP contribution is 2.24. The van der Waals surface area contributed by atoms with Crippen LogP contribution in [0.2, 0.25) is 0 Å². The number of hydrogen-bond acceptors (Lipinski definition) is 3. The summed E-state index contributed by atoms with van der Waals surface area (Å²) >= 11 is 0. The molecule has 2 aromatic carbocycles. The molecule has 1 N–H and O–H groups in total. The summed E-state index contributed by atoms with van der Waals surface area (Å²) in [5.74, 6) is -0.200. The molecule has 0 radical (unpaired) electrons. The van der Waals surface area contributed by atoms with Gasteiger partial charge in [-0.3, -0.25) is 4.57 Å². The Kier molecular flexibility index (Phi) is 5.23. The predicted octanol–water partition coefficient (Wildman–Crippen LogP) is 3.78. The number of aromatic carboxylic acids is 1. The predicted molar refractivity (Wildman–Crippen MR) is 109 cm³/mol. The summed E-state index contributed by atoms with van der Waals surface area (Å²) in [5.41, 5.74) is 2.23. The first-order valence-corrected chi connectivity index (χ1v) is 9.33. The van der Waals surface area contributed by atoms with Crippen molar-refractivity contribution in [2.45, 2.75) is 46.2 Å². The van der Waals surface area contributed by atoms with E-state index in [0.717, 1.165) is 17.0 Å². The van der Waals surface area contributed by atoms with Crippen LogP contribution in [0.15, 0.2) is 53.3 Å². The van der Waals surface area contributed by atoms with Crippen molar-refractivity contribution in [2.75, 3.05) is 0 Å². The molecule has 1 aromatic heterocycles. The fourth-order valence-corrected chi connectivity index (χ4v) is 3.19. The van der Waals surface area contributed by atoms with Gasteiger partial charge in [-0.25, -0.2) is 14.3 Å². The molecule has 0 bridgehead atoms. The van der Waals surface area contributed by atoms with E-state index >= 15 is 0 Å². The van der Waals surface area contributed by atoms with Gasteiger partial charge in [-0.15, -0.1) is 0 Å². The molecule has 28 heavy (non-hydrogen) atoms. The molecule has 3 aromatic rings. The third-order valence-corrected chi connectivity index (χ3v) is 4.65. The summed E-state index contributed by atoms with van der Waals surface area (Å²) in [6.45, 7) is 8.29. The van der Waals surface area contributed by atoms with Gasteiger partial charge in [0.2, 0.25) is 0 Å². The van der Waals surface area contributed by atoms with Crippen LogP contribution in [-0.4, -0.2) is 25.4 Å². The van der Waals surface area contributed by atoms with Crippen molar-refractivity contribution in [2.24, 2.45) is 0 Å². The average molecular weight is 379 g/mol. The Balaban J connectivity index is 1.94. The molecule has 3 rings (SSSR count). The van der Waals surface area contributed by atoms with Gasteiger partial charge in [0.05, 0.1) is 17.6 Å². The average Bonchev–Trinajstić information content (AvgIpc) is 2.98. The van der Waals surface area contributed by atoms with Gasteiger partial charge in [0.1, 0.15) is 5.82 Å². The van der Waals surface area contributed by atoms with Crippen molar-refractivity contribution in [1.29, 1.82) is 0 Å². The minimum Gasteiger partial charge on any atom is -0.478 e. The second-order valence-corrected chi connectivity index (χ2v) is 7.77. The summed E-state index contributed by atoms with van der Waals surface area (Å²) < 4.78 is 3.23. The first-order valence-electron chi connectivity index (χ1n) is 9.33.